The third-order valence-corrected chi connectivity index (χ3v) is 3.35. The molecular weight excluding hydrogens is 148 g/mol. The van der Waals surface area contributed by atoms with Gasteiger partial charge in [0.2, 0.25) is 0 Å². The molecule has 0 aromatic rings. The van der Waals surface area contributed by atoms with E-state index in [0.717, 1.165) is 12.6 Å². The lowest BCUT2D eigenvalue weighted by molar-refractivity contribution is 0.189. The van der Waals surface area contributed by atoms with Gasteiger partial charge in [0.25, 0.3) is 0 Å². The largest absolute Gasteiger partial charge is 0.326 e. The van der Waals surface area contributed by atoms with E-state index in [1.54, 1.807) is 0 Å². The Morgan fingerprint density at radius 3 is 2.33 bits per heavy atom. The molecule has 12 heavy (non-hydrogen) atoms. The van der Waals surface area contributed by atoms with Crippen LogP contribution in [0.3, 0.4) is 0 Å². The van der Waals surface area contributed by atoms with Crippen LogP contribution < -0.4 is 5.73 Å². The predicted octanol–water partition coefficient (Wildman–Crippen LogP) is 1.35. The van der Waals surface area contributed by atoms with Gasteiger partial charge in [-0.25, -0.2) is 0 Å². The van der Waals surface area contributed by atoms with Gasteiger partial charge in [-0.05, 0) is 19.3 Å². The van der Waals surface area contributed by atoms with Gasteiger partial charge >= 0.3 is 0 Å². The van der Waals surface area contributed by atoms with Crippen LogP contribution in [0.1, 0.15) is 38.5 Å². The summed E-state index contributed by atoms with van der Waals surface area (Å²) in [5, 5.41) is 0. The van der Waals surface area contributed by atoms with E-state index >= 15 is 0 Å². The number of hydrogen-bond donors (Lipinski definition) is 1. The van der Waals surface area contributed by atoms with Gasteiger partial charge < -0.3 is 5.73 Å². The van der Waals surface area contributed by atoms with Crippen LogP contribution in [0.25, 0.3) is 0 Å². The Balaban J connectivity index is 1.83. The highest BCUT2D eigenvalue weighted by Gasteiger charge is 2.26. The van der Waals surface area contributed by atoms with Crippen molar-refractivity contribution in [1.82, 2.24) is 4.90 Å². The SMILES string of the molecule is N[C@H]1CCN(C2CCCCC2)C1. The molecule has 1 saturated carbocycles. The lowest BCUT2D eigenvalue weighted by atomic mass is 9.94. The van der Waals surface area contributed by atoms with Crippen LogP contribution >= 0.6 is 0 Å². The average molecular weight is 168 g/mol. The Labute approximate surface area is 75.1 Å². The van der Waals surface area contributed by atoms with E-state index in [-0.39, 0.29) is 0 Å². The maximum absolute atomic E-state index is 5.89. The van der Waals surface area contributed by atoms with Crippen molar-refractivity contribution in [2.24, 2.45) is 5.73 Å². The van der Waals surface area contributed by atoms with Gasteiger partial charge in [0, 0.05) is 25.2 Å². The molecule has 0 bridgehead atoms. The quantitative estimate of drug-likeness (QED) is 0.640. The highest BCUT2D eigenvalue weighted by atomic mass is 15.2. The lowest BCUT2D eigenvalue weighted by Gasteiger charge is -2.30. The van der Waals surface area contributed by atoms with Gasteiger partial charge in [0.1, 0.15) is 0 Å². The number of rotatable bonds is 1. The fourth-order valence-electron chi connectivity index (χ4n) is 2.59. The van der Waals surface area contributed by atoms with Crippen LogP contribution in [0.4, 0.5) is 0 Å². The zero-order valence-corrected chi connectivity index (χ0v) is 7.84. The second-order valence-electron chi connectivity index (χ2n) is 4.34. The first kappa shape index (κ1) is 8.52. The van der Waals surface area contributed by atoms with E-state index in [9.17, 15) is 0 Å². The first-order valence-electron chi connectivity index (χ1n) is 5.36. The van der Waals surface area contributed by atoms with Gasteiger partial charge in [-0.15, -0.1) is 0 Å². The van der Waals surface area contributed by atoms with E-state index < -0.39 is 0 Å². The highest BCUT2D eigenvalue weighted by Crippen LogP contribution is 2.24. The van der Waals surface area contributed by atoms with Crippen LogP contribution in [0.5, 0.6) is 0 Å². The van der Waals surface area contributed by atoms with Crippen LogP contribution in [0.15, 0.2) is 0 Å². The molecule has 1 heterocycles. The van der Waals surface area contributed by atoms with Crippen molar-refractivity contribution in [1.29, 1.82) is 0 Å². The van der Waals surface area contributed by atoms with Gasteiger partial charge in [-0.3, -0.25) is 4.90 Å². The molecule has 1 saturated heterocycles. The number of likely N-dealkylation sites (tertiary alicyclic amines) is 1. The summed E-state index contributed by atoms with van der Waals surface area (Å²) < 4.78 is 0. The molecule has 1 aliphatic heterocycles. The van der Waals surface area contributed by atoms with Crippen molar-refractivity contribution in [3.8, 4) is 0 Å². The Hall–Kier alpha value is -0.0800. The van der Waals surface area contributed by atoms with Crippen molar-refractivity contribution < 1.29 is 0 Å². The van der Waals surface area contributed by atoms with Crippen LogP contribution in [-0.2, 0) is 0 Å². The normalized spacial score (nSPS) is 34.2. The molecule has 0 aromatic heterocycles. The van der Waals surface area contributed by atoms with Crippen LogP contribution in [0.2, 0.25) is 0 Å². The maximum Gasteiger partial charge on any atom is 0.0180 e. The standard InChI is InChI=1S/C10H20N2/c11-9-6-7-12(8-9)10-4-2-1-3-5-10/h9-10H,1-8,11H2/t9-/m0/s1. The molecule has 2 nitrogen and oxygen atoms in total. The lowest BCUT2D eigenvalue weighted by Crippen LogP contribution is -2.36. The van der Waals surface area contributed by atoms with Crippen molar-refractivity contribution in [2.75, 3.05) is 13.1 Å². The van der Waals surface area contributed by atoms with E-state index in [0.29, 0.717) is 6.04 Å². The molecule has 0 unspecified atom stereocenters. The summed E-state index contributed by atoms with van der Waals surface area (Å²) >= 11 is 0. The van der Waals surface area contributed by atoms with Gasteiger partial charge in [0.15, 0.2) is 0 Å². The second kappa shape index (κ2) is 3.75. The smallest absolute Gasteiger partial charge is 0.0180 e. The zero-order valence-electron chi connectivity index (χ0n) is 7.84. The van der Waals surface area contributed by atoms with Crippen molar-refractivity contribution in [2.45, 2.75) is 50.6 Å². The molecule has 2 heteroatoms. The Kier molecular flexibility index (Phi) is 2.66. The summed E-state index contributed by atoms with van der Waals surface area (Å²) in [5.41, 5.74) is 5.89. The molecule has 2 aliphatic rings. The van der Waals surface area contributed by atoms with E-state index in [1.807, 2.05) is 0 Å². The minimum absolute atomic E-state index is 0.465. The molecule has 0 radical (unpaired) electrons. The second-order valence-corrected chi connectivity index (χ2v) is 4.34. The molecule has 70 valence electrons. The van der Waals surface area contributed by atoms with Gasteiger partial charge in [0.05, 0.1) is 0 Å². The Morgan fingerprint density at radius 1 is 1.00 bits per heavy atom. The highest BCUT2D eigenvalue weighted by molar-refractivity contribution is 4.84. The van der Waals surface area contributed by atoms with Crippen molar-refractivity contribution in [3.63, 3.8) is 0 Å². The first-order chi connectivity index (χ1) is 5.86. The minimum atomic E-state index is 0.465. The fourth-order valence-corrected chi connectivity index (χ4v) is 2.59. The molecule has 0 spiro atoms. The van der Waals surface area contributed by atoms with Crippen LogP contribution in [0, 0.1) is 0 Å². The summed E-state index contributed by atoms with van der Waals surface area (Å²) in [7, 11) is 0. The summed E-state index contributed by atoms with van der Waals surface area (Å²) in [5.74, 6) is 0. The predicted molar refractivity (Wildman–Crippen MR) is 51.0 cm³/mol. The molecule has 2 fully saturated rings. The molecule has 2 N–H and O–H groups in total. The summed E-state index contributed by atoms with van der Waals surface area (Å²) in [6.45, 7) is 2.41. The third-order valence-electron chi connectivity index (χ3n) is 3.35. The van der Waals surface area contributed by atoms with E-state index in [4.69, 9.17) is 5.73 Å². The molecule has 0 aromatic carbocycles. The Bertz CT molecular complexity index is 138. The first-order valence-corrected chi connectivity index (χ1v) is 5.36. The summed E-state index contributed by atoms with van der Waals surface area (Å²) in [6.07, 6.45) is 8.40. The number of nitrogens with zero attached hydrogens (tertiary/aromatic N) is 1. The molecule has 2 rings (SSSR count). The van der Waals surface area contributed by atoms with Crippen molar-refractivity contribution in [3.05, 3.63) is 0 Å². The van der Waals surface area contributed by atoms with Gasteiger partial charge in [-0.2, -0.15) is 0 Å². The van der Waals surface area contributed by atoms with Crippen molar-refractivity contribution >= 4 is 0 Å². The molecular formula is C10H20N2. The average Bonchev–Trinajstić information content (AvgIpc) is 2.54. The molecule has 0 amide bonds. The topological polar surface area (TPSA) is 29.3 Å². The van der Waals surface area contributed by atoms with Crippen LogP contribution in [-0.4, -0.2) is 30.1 Å². The number of hydrogen-bond acceptors (Lipinski definition) is 2. The van der Waals surface area contributed by atoms with E-state index in [2.05, 4.69) is 4.90 Å². The molecule has 1 aliphatic carbocycles. The molecule has 1 atom stereocenters. The fraction of sp³-hybridized carbons (Fsp3) is 1.00. The third kappa shape index (κ3) is 1.80. The zero-order chi connectivity index (χ0) is 8.39. The maximum atomic E-state index is 5.89. The minimum Gasteiger partial charge on any atom is -0.326 e. The summed E-state index contributed by atoms with van der Waals surface area (Å²) in [6, 6.07) is 1.35. The monoisotopic (exact) mass is 168 g/mol. The van der Waals surface area contributed by atoms with Gasteiger partial charge in [-0.1, -0.05) is 19.3 Å². The van der Waals surface area contributed by atoms with E-state index in [1.165, 1.54) is 45.1 Å². The Morgan fingerprint density at radius 2 is 1.75 bits per heavy atom. The summed E-state index contributed by atoms with van der Waals surface area (Å²) in [4.78, 5) is 2.61. The number of nitrogens with two attached hydrogens (primary N) is 1.